The normalized spacial score (nSPS) is 19.3. The minimum absolute atomic E-state index is 0.00482. The van der Waals surface area contributed by atoms with E-state index in [2.05, 4.69) is 0 Å². The number of ether oxygens (including phenoxy) is 3. The van der Waals surface area contributed by atoms with Gasteiger partial charge in [0.25, 0.3) is 0 Å². The molecule has 0 unspecified atom stereocenters. The van der Waals surface area contributed by atoms with Crippen LogP contribution in [0.25, 0.3) is 0 Å². The maximum atomic E-state index is 10.5. The second kappa shape index (κ2) is 7.72. The molecule has 2 N–H and O–H groups in total. The zero-order valence-electron chi connectivity index (χ0n) is 9.12. The Labute approximate surface area is 88.7 Å². The molecule has 0 spiro atoms. The van der Waals surface area contributed by atoms with Crippen LogP contribution in [0.1, 0.15) is 0 Å². The van der Waals surface area contributed by atoms with Crippen molar-refractivity contribution < 1.29 is 29.2 Å². The van der Waals surface area contributed by atoms with E-state index in [1.165, 1.54) is 21.3 Å². The number of methoxy groups -OCH3 is 3. The first kappa shape index (κ1) is 14.5. The highest BCUT2D eigenvalue weighted by Gasteiger charge is 2.32. The van der Waals surface area contributed by atoms with Crippen molar-refractivity contribution in [1.29, 1.82) is 0 Å². The lowest BCUT2D eigenvalue weighted by Gasteiger charge is -2.28. The van der Waals surface area contributed by atoms with Crippen LogP contribution < -0.4 is 0 Å². The van der Waals surface area contributed by atoms with Crippen molar-refractivity contribution >= 4 is 6.29 Å². The third-order valence-electron chi connectivity index (χ3n) is 2.07. The molecule has 0 aromatic heterocycles. The number of aliphatic hydroxyl groups is 2. The van der Waals surface area contributed by atoms with Gasteiger partial charge < -0.3 is 29.2 Å². The Morgan fingerprint density at radius 3 is 2.13 bits per heavy atom. The molecule has 0 aliphatic heterocycles. The van der Waals surface area contributed by atoms with Gasteiger partial charge in [-0.25, -0.2) is 0 Å². The second-order valence-corrected chi connectivity index (χ2v) is 3.05. The predicted molar refractivity (Wildman–Crippen MR) is 51.5 cm³/mol. The summed E-state index contributed by atoms with van der Waals surface area (Å²) in [6.07, 6.45) is -3.76. The quantitative estimate of drug-likeness (QED) is 0.490. The van der Waals surface area contributed by atoms with E-state index >= 15 is 0 Å². The predicted octanol–water partition coefficient (Wildman–Crippen LogP) is -1.42. The second-order valence-electron chi connectivity index (χ2n) is 3.05. The number of aldehydes is 1. The number of hydrogen-bond donors (Lipinski definition) is 2. The van der Waals surface area contributed by atoms with E-state index in [0.717, 1.165) is 0 Å². The van der Waals surface area contributed by atoms with Crippen LogP contribution in [0.2, 0.25) is 0 Å². The smallest absolute Gasteiger partial charge is 0.151 e. The van der Waals surface area contributed by atoms with Crippen molar-refractivity contribution in [3.05, 3.63) is 0 Å². The van der Waals surface area contributed by atoms with Gasteiger partial charge in [-0.1, -0.05) is 0 Å². The fraction of sp³-hybridized carbons (Fsp3) is 0.889. The first-order valence-electron chi connectivity index (χ1n) is 4.48. The average molecular weight is 222 g/mol. The SMILES string of the molecule is COC[C@@H](O)[C@H](OC)[C@H](O)[C@@H](C=O)OC. The maximum Gasteiger partial charge on any atom is 0.151 e. The molecule has 0 aromatic carbocycles. The van der Waals surface area contributed by atoms with E-state index in [-0.39, 0.29) is 6.61 Å². The number of hydrogen-bond acceptors (Lipinski definition) is 6. The minimum atomic E-state index is -1.23. The number of carbonyl (C=O) groups is 1. The largest absolute Gasteiger partial charge is 0.388 e. The van der Waals surface area contributed by atoms with Gasteiger partial charge in [0, 0.05) is 21.3 Å². The van der Waals surface area contributed by atoms with Gasteiger partial charge >= 0.3 is 0 Å². The lowest BCUT2D eigenvalue weighted by molar-refractivity contribution is -0.148. The number of rotatable bonds is 8. The molecule has 15 heavy (non-hydrogen) atoms. The molecule has 90 valence electrons. The lowest BCUT2D eigenvalue weighted by Crippen LogP contribution is -2.48. The zero-order chi connectivity index (χ0) is 11.8. The summed E-state index contributed by atoms with van der Waals surface area (Å²) in [5.74, 6) is 0. The average Bonchev–Trinajstić information content (AvgIpc) is 2.21. The molecular formula is C9H18O6. The van der Waals surface area contributed by atoms with E-state index in [4.69, 9.17) is 14.2 Å². The van der Waals surface area contributed by atoms with Gasteiger partial charge in [-0.3, -0.25) is 0 Å². The van der Waals surface area contributed by atoms with Gasteiger partial charge in [-0.05, 0) is 0 Å². The summed E-state index contributed by atoms with van der Waals surface area (Å²) in [5, 5.41) is 19.2. The molecule has 0 radical (unpaired) electrons. The molecule has 0 aliphatic rings. The van der Waals surface area contributed by atoms with Gasteiger partial charge in [0.15, 0.2) is 6.29 Å². The highest BCUT2D eigenvalue weighted by Crippen LogP contribution is 2.10. The van der Waals surface area contributed by atoms with E-state index < -0.39 is 24.4 Å². The van der Waals surface area contributed by atoms with Crippen LogP contribution in [0.5, 0.6) is 0 Å². The van der Waals surface area contributed by atoms with Crippen molar-refractivity contribution in [2.75, 3.05) is 27.9 Å². The molecule has 0 saturated heterocycles. The van der Waals surface area contributed by atoms with Crippen molar-refractivity contribution in [2.45, 2.75) is 24.4 Å². The summed E-state index contributed by atoms with van der Waals surface area (Å²) in [5.41, 5.74) is 0. The third-order valence-corrected chi connectivity index (χ3v) is 2.07. The van der Waals surface area contributed by atoms with E-state index in [0.29, 0.717) is 6.29 Å². The summed E-state index contributed by atoms with van der Waals surface area (Å²) in [6.45, 7) is 0.00482. The summed E-state index contributed by atoms with van der Waals surface area (Å²) in [4.78, 5) is 10.5. The van der Waals surface area contributed by atoms with Crippen molar-refractivity contribution in [2.24, 2.45) is 0 Å². The highest BCUT2D eigenvalue weighted by atomic mass is 16.5. The van der Waals surface area contributed by atoms with Gasteiger partial charge in [0.2, 0.25) is 0 Å². The molecule has 0 bridgehead atoms. The van der Waals surface area contributed by atoms with Gasteiger partial charge in [-0.15, -0.1) is 0 Å². The van der Waals surface area contributed by atoms with Gasteiger partial charge in [-0.2, -0.15) is 0 Å². The Hall–Kier alpha value is -0.530. The standard InChI is InChI=1S/C9H18O6/c1-13-5-6(11)9(15-3)8(12)7(4-10)14-2/h4,6-9,11-12H,5H2,1-3H3/t6-,7-,8-,9+/m1/s1. The fourth-order valence-electron chi connectivity index (χ4n) is 1.25. The topological polar surface area (TPSA) is 85.2 Å². The first-order chi connectivity index (χ1) is 7.12. The number of carbonyl (C=O) groups excluding carboxylic acids is 1. The summed E-state index contributed by atoms with van der Waals surface area (Å²) in [6, 6.07) is 0. The molecule has 0 saturated carbocycles. The monoisotopic (exact) mass is 222 g/mol. The van der Waals surface area contributed by atoms with Crippen LogP contribution in [0.4, 0.5) is 0 Å². The molecule has 4 atom stereocenters. The van der Waals surface area contributed by atoms with Crippen molar-refractivity contribution in [1.82, 2.24) is 0 Å². The van der Waals surface area contributed by atoms with Crippen LogP contribution in [0, 0.1) is 0 Å². The molecule has 0 aromatic rings. The van der Waals surface area contributed by atoms with Crippen LogP contribution in [0.15, 0.2) is 0 Å². The molecule has 0 fully saturated rings. The van der Waals surface area contributed by atoms with Gasteiger partial charge in [0.05, 0.1) is 6.61 Å². The molecule has 0 amide bonds. The third kappa shape index (κ3) is 4.23. The lowest BCUT2D eigenvalue weighted by atomic mass is 10.0. The first-order valence-corrected chi connectivity index (χ1v) is 4.48. The molecule has 6 nitrogen and oxygen atoms in total. The van der Waals surface area contributed by atoms with E-state index in [9.17, 15) is 15.0 Å². The minimum Gasteiger partial charge on any atom is -0.388 e. The summed E-state index contributed by atoms with van der Waals surface area (Å²) >= 11 is 0. The van der Waals surface area contributed by atoms with Crippen LogP contribution in [-0.2, 0) is 19.0 Å². The van der Waals surface area contributed by atoms with Crippen molar-refractivity contribution in [3.8, 4) is 0 Å². The Morgan fingerprint density at radius 1 is 1.20 bits per heavy atom. The number of aliphatic hydroxyl groups excluding tert-OH is 2. The van der Waals surface area contributed by atoms with Crippen molar-refractivity contribution in [3.63, 3.8) is 0 Å². The van der Waals surface area contributed by atoms with Crippen LogP contribution in [-0.4, -0.2) is 68.9 Å². The Kier molecular flexibility index (Phi) is 7.45. The summed E-state index contributed by atoms with van der Waals surface area (Å²) in [7, 11) is 4.03. The van der Waals surface area contributed by atoms with Crippen LogP contribution in [0.3, 0.4) is 0 Å². The summed E-state index contributed by atoms with van der Waals surface area (Å²) < 4.78 is 14.3. The zero-order valence-corrected chi connectivity index (χ0v) is 9.12. The van der Waals surface area contributed by atoms with E-state index in [1.54, 1.807) is 0 Å². The Balaban J connectivity index is 4.43. The van der Waals surface area contributed by atoms with E-state index in [1.807, 2.05) is 0 Å². The maximum absolute atomic E-state index is 10.5. The van der Waals surface area contributed by atoms with Gasteiger partial charge in [0.1, 0.15) is 24.4 Å². The molecule has 6 heteroatoms. The Bertz CT molecular complexity index is 174. The highest BCUT2D eigenvalue weighted by molar-refractivity contribution is 5.57. The molecule has 0 rings (SSSR count). The fourth-order valence-corrected chi connectivity index (χ4v) is 1.25. The molecular weight excluding hydrogens is 204 g/mol. The molecule has 0 aliphatic carbocycles. The molecule has 0 heterocycles. The Morgan fingerprint density at radius 2 is 1.80 bits per heavy atom. The van der Waals surface area contributed by atoms with Crippen LogP contribution >= 0.6 is 0 Å².